The van der Waals surface area contributed by atoms with E-state index in [9.17, 15) is 19.4 Å². The first-order valence-electron chi connectivity index (χ1n) is 5.32. The van der Waals surface area contributed by atoms with Gasteiger partial charge >= 0.3 is 5.97 Å². The van der Waals surface area contributed by atoms with E-state index in [1.54, 1.807) is 25.1 Å². The maximum absolute atomic E-state index is 13.2. The van der Waals surface area contributed by atoms with Gasteiger partial charge in [-0.3, -0.25) is 0 Å². The molecule has 0 atom stereocenters. The smallest absolute Gasteiger partial charge is 0.336 e. The number of benzene rings is 2. The third kappa shape index (κ3) is 2.05. The first kappa shape index (κ1) is 12.1. The molecule has 0 aliphatic carbocycles. The molecule has 2 N–H and O–H groups in total. The summed E-state index contributed by atoms with van der Waals surface area (Å²) in [5.74, 6) is -1.78. The van der Waals surface area contributed by atoms with Gasteiger partial charge in [0.2, 0.25) is 0 Å². The van der Waals surface area contributed by atoms with E-state index in [0.717, 1.165) is 12.1 Å². The molecule has 0 aromatic heterocycles. The number of phenols is 1. The van der Waals surface area contributed by atoms with Crippen molar-refractivity contribution in [2.24, 2.45) is 0 Å². The molecule has 2 aromatic rings. The third-order valence-electron chi connectivity index (χ3n) is 2.74. The minimum absolute atomic E-state index is 0.0680. The van der Waals surface area contributed by atoms with Crippen molar-refractivity contribution in [2.75, 3.05) is 0 Å². The minimum Gasteiger partial charge on any atom is -0.507 e. The number of hydrogen-bond acceptors (Lipinski definition) is 2. The molecule has 0 radical (unpaired) electrons. The molecule has 0 heterocycles. The molecule has 3 nitrogen and oxygen atoms in total. The summed E-state index contributed by atoms with van der Waals surface area (Å²) in [6, 6.07) is 8.32. The number of carboxylic acids is 1. The number of hydrogen-bond donors (Lipinski definition) is 2. The molecular formula is C14H11FO3. The molecule has 0 fully saturated rings. The molecule has 2 rings (SSSR count). The van der Waals surface area contributed by atoms with Gasteiger partial charge in [-0.15, -0.1) is 0 Å². The Hall–Kier alpha value is -2.36. The summed E-state index contributed by atoms with van der Waals surface area (Å²) in [5, 5.41) is 18.9. The van der Waals surface area contributed by atoms with Crippen LogP contribution in [0.3, 0.4) is 0 Å². The number of aromatic carboxylic acids is 1. The van der Waals surface area contributed by atoms with Crippen molar-refractivity contribution in [1.29, 1.82) is 0 Å². The lowest BCUT2D eigenvalue weighted by Crippen LogP contribution is -2.02. The van der Waals surface area contributed by atoms with Gasteiger partial charge < -0.3 is 10.2 Å². The lowest BCUT2D eigenvalue weighted by molar-refractivity contribution is 0.0697. The van der Waals surface area contributed by atoms with Crippen LogP contribution in [0, 0.1) is 12.7 Å². The highest BCUT2D eigenvalue weighted by Crippen LogP contribution is 2.33. The van der Waals surface area contributed by atoms with Crippen LogP contribution >= 0.6 is 0 Å². The van der Waals surface area contributed by atoms with Gasteiger partial charge in [0.25, 0.3) is 0 Å². The molecule has 2 aromatic carbocycles. The van der Waals surface area contributed by atoms with Crippen molar-refractivity contribution in [3.05, 3.63) is 53.3 Å². The average molecular weight is 246 g/mol. The Morgan fingerprint density at radius 3 is 2.56 bits per heavy atom. The molecule has 4 heteroatoms. The summed E-state index contributed by atoms with van der Waals surface area (Å²) < 4.78 is 13.2. The van der Waals surface area contributed by atoms with Crippen LogP contribution in [0.25, 0.3) is 11.1 Å². The molecule has 0 spiro atoms. The summed E-state index contributed by atoms with van der Waals surface area (Å²) in [4.78, 5) is 11.2. The van der Waals surface area contributed by atoms with Crippen molar-refractivity contribution in [1.82, 2.24) is 0 Å². The van der Waals surface area contributed by atoms with Crippen LogP contribution in [0.5, 0.6) is 5.75 Å². The number of halogens is 1. The fourth-order valence-electron chi connectivity index (χ4n) is 1.90. The highest BCUT2D eigenvalue weighted by molar-refractivity contribution is 5.98. The standard InChI is InChI=1S/C14H11FO3/c1-8-3-2-4-10(13(8)14(17)18)11-7-9(15)5-6-12(11)16/h2-7,16H,1H3,(H,17,18). The van der Waals surface area contributed by atoms with Crippen LogP contribution in [0.1, 0.15) is 15.9 Å². The maximum Gasteiger partial charge on any atom is 0.336 e. The van der Waals surface area contributed by atoms with Gasteiger partial charge in [-0.1, -0.05) is 18.2 Å². The maximum atomic E-state index is 13.2. The zero-order chi connectivity index (χ0) is 13.3. The van der Waals surface area contributed by atoms with E-state index in [4.69, 9.17) is 0 Å². The molecule has 0 bridgehead atoms. The molecular weight excluding hydrogens is 235 g/mol. The summed E-state index contributed by atoms with van der Waals surface area (Å²) >= 11 is 0. The van der Waals surface area contributed by atoms with E-state index in [2.05, 4.69) is 0 Å². The van der Waals surface area contributed by atoms with Crippen LogP contribution in [0.2, 0.25) is 0 Å². The van der Waals surface area contributed by atoms with Gasteiger partial charge in [0.05, 0.1) is 5.56 Å². The second-order valence-corrected chi connectivity index (χ2v) is 3.96. The zero-order valence-corrected chi connectivity index (χ0v) is 9.64. The number of rotatable bonds is 2. The molecule has 0 aliphatic heterocycles. The Morgan fingerprint density at radius 2 is 1.89 bits per heavy atom. The van der Waals surface area contributed by atoms with Gasteiger partial charge in [0, 0.05) is 11.1 Å². The number of carboxylic acid groups (broad SMARTS) is 1. The average Bonchev–Trinajstić information content (AvgIpc) is 2.31. The van der Waals surface area contributed by atoms with Crippen molar-refractivity contribution >= 4 is 5.97 Å². The molecule has 0 saturated heterocycles. The van der Waals surface area contributed by atoms with E-state index in [1.165, 1.54) is 6.07 Å². The summed E-state index contributed by atoms with van der Waals surface area (Å²) in [6.45, 7) is 1.66. The molecule has 0 saturated carbocycles. The number of aryl methyl sites for hydroxylation is 1. The Bertz CT molecular complexity index is 620. The predicted octanol–water partition coefficient (Wildman–Crippen LogP) is 3.20. The van der Waals surface area contributed by atoms with Crippen LogP contribution < -0.4 is 0 Å². The van der Waals surface area contributed by atoms with Gasteiger partial charge in [0.15, 0.2) is 0 Å². The molecule has 92 valence electrons. The van der Waals surface area contributed by atoms with Crippen LogP contribution in [0.4, 0.5) is 4.39 Å². The fourth-order valence-corrected chi connectivity index (χ4v) is 1.90. The second kappa shape index (κ2) is 4.49. The highest BCUT2D eigenvalue weighted by atomic mass is 19.1. The van der Waals surface area contributed by atoms with Crippen molar-refractivity contribution < 1.29 is 19.4 Å². The Kier molecular flexibility index (Phi) is 3.02. The second-order valence-electron chi connectivity index (χ2n) is 3.96. The van der Waals surface area contributed by atoms with Crippen molar-refractivity contribution in [3.8, 4) is 16.9 Å². The summed E-state index contributed by atoms with van der Waals surface area (Å²) in [6.07, 6.45) is 0. The Balaban J connectivity index is 2.75. The number of carbonyl (C=O) groups is 1. The van der Waals surface area contributed by atoms with Crippen molar-refractivity contribution in [2.45, 2.75) is 6.92 Å². The van der Waals surface area contributed by atoms with E-state index in [0.29, 0.717) is 11.1 Å². The van der Waals surface area contributed by atoms with E-state index >= 15 is 0 Å². The number of aromatic hydroxyl groups is 1. The van der Waals surface area contributed by atoms with Crippen LogP contribution in [-0.2, 0) is 0 Å². The summed E-state index contributed by atoms with van der Waals surface area (Å²) in [5.41, 5.74) is 1.11. The van der Waals surface area contributed by atoms with Crippen LogP contribution in [0.15, 0.2) is 36.4 Å². The van der Waals surface area contributed by atoms with Crippen molar-refractivity contribution in [3.63, 3.8) is 0 Å². The predicted molar refractivity (Wildman–Crippen MR) is 65.2 cm³/mol. The minimum atomic E-state index is -1.10. The lowest BCUT2D eigenvalue weighted by Gasteiger charge is -2.10. The molecule has 0 aliphatic rings. The van der Waals surface area contributed by atoms with E-state index in [-0.39, 0.29) is 16.9 Å². The lowest BCUT2D eigenvalue weighted by atomic mass is 9.95. The monoisotopic (exact) mass is 246 g/mol. The first-order chi connectivity index (χ1) is 8.50. The zero-order valence-electron chi connectivity index (χ0n) is 9.64. The summed E-state index contributed by atoms with van der Waals surface area (Å²) in [7, 11) is 0. The van der Waals surface area contributed by atoms with Gasteiger partial charge in [-0.05, 0) is 30.7 Å². The Morgan fingerprint density at radius 1 is 1.17 bits per heavy atom. The topological polar surface area (TPSA) is 57.5 Å². The molecule has 0 amide bonds. The van der Waals surface area contributed by atoms with Gasteiger partial charge in [0.1, 0.15) is 11.6 Å². The van der Waals surface area contributed by atoms with Gasteiger partial charge in [-0.25, -0.2) is 9.18 Å². The van der Waals surface area contributed by atoms with E-state index in [1.807, 2.05) is 0 Å². The normalized spacial score (nSPS) is 10.3. The SMILES string of the molecule is Cc1cccc(-c2cc(F)ccc2O)c1C(=O)O. The fraction of sp³-hybridized carbons (Fsp3) is 0.0714. The Labute approximate surface area is 103 Å². The highest BCUT2D eigenvalue weighted by Gasteiger charge is 2.16. The van der Waals surface area contributed by atoms with E-state index < -0.39 is 11.8 Å². The third-order valence-corrected chi connectivity index (χ3v) is 2.74. The quantitative estimate of drug-likeness (QED) is 0.855. The largest absolute Gasteiger partial charge is 0.507 e. The number of phenolic OH excluding ortho intramolecular Hbond substituents is 1. The first-order valence-corrected chi connectivity index (χ1v) is 5.32. The molecule has 0 unspecified atom stereocenters. The van der Waals surface area contributed by atoms with Gasteiger partial charge in [-0.2, -0.15) is 0 Å². The molecule has 18 heavy (non-hydrogen) atoms. The van der Waals surface area contributed by atoms with Crippen LogP contribution in [-0.4, -0.2) is 16.2 Å².